The molecule has 0 aliphatic heterocycles. The Morgan fingerprint density at radius 1 is 1.39 bits per heavy atom. The third-order valence-electron chi connectivity index (χ3n) is 4.15. The van der Waals surface area contributed by atoms with Crippen LogP contribution in [0.1, 0.15) is 63.6 Å². The molecule has 0 amide bonds. The molecule has 3 heteroatoms. The smallest absolute Gasteiger partial charge is 0.0946 e. The van der Waals surface area contributed by atoms with E-state index in [2.05, 4.69) is 28.8 Å². The molecule has 1 aromatic rings. The quantitative estimate of drug-likeness (QED) is 0.837. The second-order valence-corrected chi connectivity index (χ2v) is 5.68. The van der Waals surface area contributed by atoms with Gasteiger partial charge in [0.2, 0.25) is 0 Å². The highest BCUT2D eigenvalue weighted by atomic mass is 15.1. The lowest BCUT2D eigenvalue weighted by molar-refractivity contribution is 0.295. The van der Waals surface area contributed by atoms with Crippen LogP contribution in [0.25, 0.3) is 0 Å². The molecule has 1 aliphatic carbocycles. The average Bonchev–Trinajstić information content (AvgIpc) is 2.82. The molecule has 1 N–H and O–H groups in total. The Morgan fingerprint density at radius 3 is 2.78 bits per heavy atom. The average molecular weight is 249 g/mol. The van der Waals surface area contributed by atoms with Crippen LogP contribution in [0.5, 0.6) is 0 Å². The Labute approximate surface area is 111 Å². The molecule has 0 bridgehead atoms. The molecule has 1 aromatic heterocycles. The van der Waals surface area contributed by atoms with Crippen LogP contribution in [0.2, 0.25) is 0 Å². The largest absolute Gasteiger partial charge is 0.336 e. The van der Waals surface area contributed by atoms with Gasteiger partial charge in [0, 0.05) is 19.3 Å². The van der Waals surface area contributed by atoms with Crippen LogP contribution < -0.4 is 5.32 Å². The normalized spacial score (nSPS) is 19.0. The number of rotatable bonds is 6. The second kappa shape index (κ2) is 6.93. The van der Waals surface area contributed by atoms with E-state index in [0.717, 1.165) is 12.5 Å². The lowest BCUT2D eigenvalue weighted by Gasteiger charge is -2.27. The van der Waals surface area contributed by atoms with Crippen LogP contribution in [0.3, 0.4) is 0 Å². The predicted molar refractivity (Wildman–Crippen MR) is 75.4 cm³/mol. The summed E-state index contributed by atoms with van der Waals surface area (Å²) >= 11 is 0. The van der Waals surface area contributed by atoms with Crippen molar-refractivity contribution in [1.82, 2.24) is 14.9 Å². The first-order valence-electron chi connectivity index (χ1n) is 7.51. The number of hydrogen-bond acceptors (Lipinski definition) is 2. The van der Waals surface area contributed by atoms with Crippen molar-refractivity contribution in [3.05, 3.63) is 18.2 Å². The zero-order valence-electron chi connectivity index (χ0n) is 11.9. The van der Waals surface area contributed by atoms with E-state index in [9.17, 15) is 0 Å². The fourth-order valence-corrected chi connectivity index (χ4v) is 3.09. The third-order valence-corrected chi connectivity index (χ3v) is 4.15. The second-order valence-electron chi connectivity index (χ2n) is 5.68. The highest BCUT2D eigenvalue weighted by Crippen LogP contribution is 2.31. The van der Waals surface area contributed by atoms with Crippen molar-refractivity contribution in [3.63, 3.8) is 0 Å². The Kier molecular flexibility index (Phi) is 5.24. The molecule has 102 valence electrons. The van der Waals surface area contributed by atoms with Crippen molar-refractivity contribution in [3.8, 4) is 0 Å². The fraction of sp³-hybridized carbons (Fsp3) is 0.800. The number of nitrogens with one attached hydrogen (secondary N) is 1. The summed E-state index contributed by atoms with van der Waals surface area (Å²) in [4.78, 5) is 4.27. The van der Waals surface area contributed by atoms with Crippen LogP contribution >= 0.6 is 0 Å². The number of nitrogens with zero attached hydrogens (tertiary/aromatic N) is 2. The van der Waals surface area contributed by atoms with Crippen LogP contribution in [0.4, 0.5) is 0 Å². The van der Waals surface area contributed by atoms with Crippen molar-refractivity contribution in [2.45, 2.75) is 57.9 Å². The van der Waals surface area contributed by atoms with Crippen molar-refractivity contribution < 1.29 is 0 Å². The van der Waals surface area contributed by atoms with Gasteiger partial charge in [0.25, 0.3) is 0 Å². The topological polar surface area (TPSA) is 29.9 Å². The maximum absolute atomic E-state index is 4.27. The van der Waals surface area contributed by atoms with Crippen LogP contribution in [-0.2, 0) is 7.05 Å². The summed E-state index contributed by atoms with van der Waals surface area (Å²) in [7, 11) is 2.10. The Bertz CT molecular complexity index is 339. The summed E-state index contributed by atoms with van der Waals surface area (Å²) in [5.41, 5.74) is 1.34. The number of imidazole rings is 1. The van der Waals surface area contributed by atoms with Gasteiger partial charge in [-0.15, -0.1) is 0 Å². The maximum atomic E-state index is 4.27. The Hall–Kier alpha value is -0.830. The van der Waals surface area contributed by atoms with Gasteiger partial charge in [0.15, 0.2) is 0 Å². The van der Waals surface area contributed by atoms with E-state index < -0.39 is 0 Å². The lowest BCUT2D eigenvalue weighted by Crippen LogP contribution is -2.26. The molecule has 1 heterocycles. The summed E-state index contributed by atoms with van der Waals surface area (Å²) in [6.07, 6.45) is 13.5. The van der Waals surface area contributed by atoms with E-state index in [1.807, 2.05) is 12.5 Å². The van der Waals surface area contributed by atoms with Crippen LogP contribution in [-0.4, -0.2) is 16.1 Å². The minimum absolute atomic E-state index is 0.487. The molecule has 1 atom stereocenters. The Morgan fingerprint density at radius 2 is 2.17 bits per heavy atom. The summed E-state index contributed by atoms with van der Waals surface area (Å²) in [5, 5.41) is 3.70. The highest BCUT2D eigenvalue weighted by Gasteiger charge is 2.21. The molecule has 0 radical (unpaired) electrons. The van der Waals surface area contributed by atoms with E-state index in [4.69, 9.17) is 0 Å². The van der Waals surface area contributed by atoms with E-state index in [-0.39, 0.29) is 0 Å². The monoisotopic (exact) mass is 249 g/mol. The molecule has 3 nitrogen and oxygen atoms in total. The molecule has 0 aromatic carbocycles. The molecule has 1 fully saturated rings. The van der Waals surface area contributed by atoms with Gasteiger partial charge in [0.1, 0.15) is 0 Å². The molecular weight excluding hydrogens is 222 g/mol. The molecule has 2 rings (SSSR count). The van der Waals surface area contributed by atoms with Crippen molar-refractivity contribution >= 4 is 0 Å². The zero-order valence-corrected chi connectivity index (χ0v) is 11.9. The molecule has 1 aliphatic rings. The van der Waals surface area contributed by atoms with Gasteiger partial charge in [0.05, 0.1) is 12.0 Å². The minimum Gasteiger partial charge on any atom is -0.336 e. The summed E-state index contributed by atoms with van der Waals surface area (Å²) in [6, 6.07) is 0.487. The van der Waals surface area contributed by atoms with Crippen molar-refractivity contribution in [2.75, 3.05) is 6.54 Å². The van der Waals surface area contributed by atoms with Gasteiger partial charge < -0.3 is 9.88 Å². The number of hydrogen-bond donors (Lipinski definition) is 1. The first-order valence-corrected chi connectivity index (χ1v) is 7.51. The number of aryl methyl sites for hydroxylation is 1. The molecule has 18 heavy (non-hydrogen) atoms. The Balaban J connectivity index is 1.98. The van der Waals surface area contributed by atoms with E-state index in [1.54, 1.807) is 0 Å². The molecule has 0 spiro atoms. The van der Waals surface area contributed by atoms with E-state index in [1.165, 1.54) is 50.6 Å². The first-order chi connectivity index (χ1) is 8.81. The number of aromatic nitrogens is 2. The predicted octanol–water partition coefficient (Wildman–Crippen LogP) is 3.43. The van der Waals surface area contributed by atoms with Gasteiger partial charge in [-0.3, -0.25) is 0 Å². The highest BCUT2D eigenvalue weighted by molar-refractivity contribution is 5.05. The van der Waals surface area contributed by atoms with Gasteiger partial charge in [-0.25, -0.2) is 4.98 Å². The van der Waals surface area contributed by atoms with Gasteiger partial charge in [-0.2, -0.15) is 0 Å². The van der Waals surface area contributed by atoms with Crippen LogP contribution in [0.15, 0.2) is 12.5 Å². The maximum Gasteiger partial charge on any atom is 0.0946 e. The standard InChI is InChI=1S/C15H27N3/c1-3-9-17-14(15-11-16-12-18(15)2)10-13-7-5-4-6-8-13/h11-14,17H,3-10H2,1-2H3. The molecule has 1 unspecified atom stereocenters. The van der Waals surface area contributed by atoms with Gasteiger partial charge in [-0.1, -0.05) is 39.0 Å². The summed E-state index contributed by atoms with van der Waals surface area (Å²) < 4.78 is 2.16. The van der Waals surface area contributed by atoms with Gasteiger partial charge >= 0.3 is 0 Å². The molecule has 1 saturated carbocycles. The zero-order chi connectivity index (χ0) is 12.8. The summed E-state index contributed by atoms with van der Waals surface area (Å²) in [6.45, 7) is 3.33. The lowest BCUT2D eigenvalue weighted by atomic mass is 9.84. The fourth-order valence-electron chi connectivity index (χ4n) is 3.09. The minimum atomic E-state index is 0.487. The third kappa shape index (κ3) is 3.58. The van der Waals surface area contributed by atoms with Gasteiger partial charge in [-0.05, 0) is 25.3 Å². The molecule has 0 saturated heterocycles. The summed E-state index contributed by atoms with van der Waals surface area (Å²) in [5.74, 6) is 0.906. The van der Waals surface area contributed by atoms with E-state index >= 15 is 0 Å². The van der Waals surface area contributed by atoms with Crippen molar-refractivity contribution in [1.29, 1.82) is 0 Å². The first kappa shape index (κ1) is 13.6. The van der Waals surface area contributed by atoms with E-state index in [0.29, 0.717) is 6.04 Å². The molecular formula is C15H27N3. The van der Waals surface area contributed by atoms with Crippen molar-refractivity contribution in [2.24, 2.45) is 13.0 Å². The van der Waals surface area contributed by atoms with Crippen LogP contribution in [0, 0.1) is 5.92 Å². The SMILES string of the molecule is CCCNC(CC1CCCCC1)c1cncn1C.